The Morgan fingerprint density at radius 3 is 3.00 bits per heavy atom. The van der Waals surface area contributed by atoms with Crippen LogP contribution in [0.3, 0.4) is 0 Å². The molecule has 3 N–H and O–H groups in total. The van der Waals surface area contributed by atoms with Crippen molar-refractivity contribution in [3.8, 4) is 5.75 Å². The smallest absolute Gasteiger partial charge is 0.325 e. The van der Waals surface area contributed by atoms with Crippen molar-refractivity contribution in [2.75, 3.05) is 0 Å². The molecule has 68 valence electrons. The van der Waals surface area contributed by atoms with Crippen LogP contribution in [0, 0.1) is 0 Å². The Balaban J connectivity index is 2.52. The highest BCUT2D eigenvalue weighted by Crippen LogP contribution is 2.32. The summed E-state index contributed by atoms with van der Waals surface area (Å²) in [6, 6.07) is 4.25. The molecule has 1 unspecified atom stereocenters. The van der Waals surface area contributed by atoms with Crippen molar-refractivity contribution in [2.45, 2.75) is 12.6 Å². The number of benzene rings is 1. The van der Waals surface area contributed by atoms with Gasteiger partial charge in [-0.3, -0.25) is 10.1 Å². The van der Waals surface area contributed by atoms with Gasteiger partial charge in [-0.05, 0) is 11.6 Å². The Morgan fingerprint density at radius 2 is 2.31 bits per heavy atom. The molecule has 13 heavy (non-hydrogen) atoms. The lowest BCUT2D eigenvalue weighted by Crippen LogP contribution is -2.21. The van der Waals surface area contributed by atoms with E-state index in [0.29, 0.717) is 12.1 Å². The fourth-order valence-corrected chi connectivity index (χ4v) is 1.61. The fraction of sp³-hybridized carbons (Fsp3) is 0.222. The predicted octanol–water partition coefficient (Wildman–Crippen LogP) is 0.621. The van der Waals surface area contributed by atoms with Gasteiger partial charge in [0.15, 0.2) is 0 Å². The number of aliphatic carboxylic acids is 1. The van der Waals surface area contributed by atoms with E-state index < -0.39 is 12.0 Å². The van der Waals surface area contributed by atoms with E-state index in [1.165, 1.54) is 6.07 Å². The Hall–Kier alpha value is -1.55. The molecule has 0 radical (unpaired) electrons. The number of hydrogen-bond acceptors (Lipinski definition) is 3. The summed E-state index contributed by atoms with van der Waals surface area (Å²) in [4.78, 5) is 10.7. The van der Waals surface area contributed by atoms with Crippen LogP contribution >= 0.6 is 0 Å². The van der Waals surface area contributed by atoms with E-state index in [1.807, 2.05) is 6.07 Å². The van der Waals surface area contributed by atoms with Crippen molar-refractivity contribution < 1.29 is 15.0 Å². The molecule has 0 fully saturated rings. The van der Waals surface area contributed by atoms with E-state index in [-0.39, 0.29) is 5.75 Å². The number of phenolic OH excluding ortho intramolecular Hbond substituents is 1. The van der Waals surface area contributed by atoms with Crippen molar-refractivity contribution in [1.29, 1.82) is 0 Å². The molecule has 0 saturated carbocycles. The second-order valence-corrected chi connectivity index (χ2v) is 3.00. The SMILES string of the molecule is O=C(O)C1NCc2cccc(O)c21. The lowest BCUT2D eigenvalue weighted by molar-refractivity contribution is -0.139. The maximum Gasteiger partial charge on any atom is 0.325 e. The molecule has 0 amide bonds. The second-order valence-electron chi connectivity index (χ2n) is 3.00. The molecule has 1 aliphatic rings. The van der Waals surface area contributed by atoms with E-state index in [9.17, 15) is 9.90 Å². The van der Waals surface area contributed by atoms with Crippen LogP contribution < -0.4 is 5.32 Å². The lowest BCUT2D eigenvalue weighted by Gasteiger charge is -2.07. The Labute approximate surface area is 74.8 Å². The quantitative estimate of drug-likeness (QED) is 0.591. The van der Waals surface area contributed by atoms with Crippen LogP contribution in [-0.2, 0) is 11.3 Å². The second kappa shape index (κ2) is 2.74. The van der Waals surface area contributed by atoms with Gasteiger partial charge in [-0.25, -0.2) is 0 Å². The maximum absolute atomic E-state index is 10.7. The van der Waals surface area contributed by atoms with E-state index in [4.69, 9.17) is 5.11 Å². The van der Waals surface area contributed by atoms with Crippen LogP contribution in [0.15, 0.2) is 18.2 Å². The number of carboxylic acid groups (broad SMARTS) is 1. The van der Waals surface area contributed by atoms with Gasteiger partial charge in [-0.15, -0.1) is 0 Å². The molecule has 1 heterocycles. The number of aromatic hydroxyl groups is 1. The minimum absolute atomic E-state index is 0.0508. The standard InChI is InChI=1S/C9H9NO3/c11-6-3-1-2-5-4-10-8(7(5)6)9(12)13/h1-3,8,10-11H,4H2,(H,12,13). The van der Waals surface area contributed by atoms with Gasteiger partial charge in [0.2, 0.25) is 0 Å². The third-order valence-corrected chi connectivity index (χ3v) is 2.21. The molecule has 4 nitrogen and oxygen atoms in total. The number of carbonyl (C=O) groups is 1. The monoisotopic (exact) mass is 179 g/mol. The molecular weight excluding hydrogens is 170 g/mol. The highest BCUT2D eigenvalue weighted by molar-refractivity contribution is 5.78. The summed E-state index contributed by atoms with van der Waals surface area (Å²) in [5.74, 6) is -0.907. The predicted molar refractivity (Wildman–Crippen MR) is 45.3 cm³/mol. The summed E-state index contributed by atoms with van der Waals surface area (Å²) in [5.41, 5.74) is 1.35. The molecule has 0 bridgehead atoms. The first kappa shape index (κ1) is 8.07. The Morgan fingerprint density at radius 1 is 1.54 bits per heavy atom. The van der Waals surface area contributed by atoms with E-state index in [1.54, 1.807) is 6.07 Å². The van der Waals surface area contributed by atoms with Crippen molar-refractivity contribution in [3.05, 3.63) is 29.3 Å². The molecule has 1 aromatic rings. The topological polar surface area (TPSA) is 69.6 Å². The normalized spacial score (nSPS) is 19.8. The third kappa shape index (κ3) is 1.15. The molecule has 1 aromatic carbocycles. The van der Waals surface area contributed by atoms with Gasteiger partial charge < -0.3 is 10.2 Å². The maximum atomic E-state index is 10.7. The third-order valence-electron chi connectivity index (χ3n) is 2.21. The molecule has 2 rings (SSSR count). The van der Waals surface area contributed by atoms with Crippen LogP contribution in [-0.4, -0.2) is 16.2 Å². The number of fused-ring (bicyclic) bond motifs is 1. The van der Waals surface area contributed by atoms with E-state index in [0.717, 1.165) is 5.56 Å². The number of carboxylic acids is 1. The summed E-state index contributed by atoms with van der Waals surface area (Å²) in [7, 11) is 0. The van der Waals surface area contributed by atoms with Gasteiger partial charge in [-0.1, -0.05) is 12.1 Å². The number of rotatable bonds is 1. The Kier molecular flexibility index (Phi) is 1.70. The molecule has 1 atom stereocenters. The van der Waals surface area contributed by atoms with Crippen molar-refractivity contribution in [2.24, 2.45) is 0 Å². The highest BCUT2D eigenvalue weighted by Gasteiger charge is 2.30. The molecule has 0 aromatic heterocycles. The van der Waals surface area contributed by atoms with Gasteiger partial charge in [-0.2, -0.15) is 0 Å². The molecule has 0 aliphatic carbocycles. The van der Waals surface area contributed by atoms with E-state index in [2.05, 4.69) is 5.32 Å². The molecule has 0 spiro atoms. The van der Waals surface area contributed by atoms with Gasteiger partial charge in [0.05, 0.1) is 0 Å². The lowest BCUT2D eigenvalue weighted by atomic mass is 10.0. The zero-order valence-electron chi connectivity index (χ0n) is 6.82. The minimum atomic E-state index is -0.958. The van der Waals surface area contributed by atoms with Crippen molar-refractivity contribution in [1.82, 2.24) is 5.32 Å². The summed E-state index contributed by atoms with van der Waals surface area (Å²) in [6.07, 6.45) is 0. The number of nitrogens with one attached hydrogen (secondary N) is 1. The van der Waals surface area contributed by atoms with Gasteiger partial charge in [0.1, 0.15) is 11.8 Å². The van der Waals surface area contributed by atoms with E-state index >= 15 is 0 Å². The van der Waals surface area contributed by atoms with Crippen molar-refractivity contribution in [3.63, 3.8) is 0 Å². The zero-order valence-corrected chi connectivity index (χ0v) is 6.82. The Bertz CT molecular complexity index is 362. The van der Waals surface area contributed by atoms with Crippen LogP contribution in [0.1, 0.15) is 17.2 Å². The molecular formula is C9H9NO3. The van der Waals surface area contributed by atoms with Gasteiger partial charge in [0, 0.05) is 12.1 Å². The summed E-state index contributed by atoms with van der Waals surface area (Å²) in [5, 5.41) is 21.1. The zero-order chi connectivity index (χ0) is 9.42. The minimum Gasteiger partial charge on any atom is -0.508 e. The first-order valence-corrected chi connectivity index (χ1v) is 3.97. The number of hydrogen-bond donors (Lipinski definition) is 3. The molecule has 1 aliphatic heterocycles. The fourth-order valence-electron chi connectivity index (χ4n) is 1.61. The number of phenols is 1. The van der Waals surface area contributed by atoms with Crippen molar-refractivity contribution >= 4 is 5.97 Å². The largest absolute Gasteiger partial charge is 0.508 e. The first-order chi connectivity index (χ1) is 6.20. The summed E-state index contributed by atoms with van der Waals surface area (Å²) < 4.78 is 0. The average Bonchev–Trinajstić information content (AvgIpc) is 2.49. The summed E-state index contributed by atoms with van der Waals surface area (Å²) in [6.45, 7) is 0.501. The van der Waals surface area contributed by atoms with Gasteiger partial charge in [0.25, 0.3) is 0 Å². The summed E-state index contributed by atoms with van der Waals surface area (Å²) >= 11 is 0. The van der Waals surface area contributed by atoms with Crippen LogP contribution in [0.5, 0.6) is 5.75 Å². The molecule has 4 heteroatoms. The average molecular weight is 179 g/mol. The van der Waals surface area contributed by atoms with Crippen LogP contribution in [0.25, 0.3) is 0 Å². The van der Waals surface area contributed by atoms with Crippen LogP contribution in [0.4, 0.5) is 0 Å². The first-order valence-electron chi connectivity index (χ1n) is 3.97. The van der Waals surface area contributed by atoms with Gasteiger partial charge >= 0.3 is 5.97 Å². The highest BCUT2D eigenvalue weighted by atomic mass is 16.4. The molecule has 0 saturated heterocycles. The van der Waals surface area contributed by atoms with Crippen LogP contribution in [0.2, 0.25) is 0 Å².